The molecule has 1 amide bonds. The van der Waals surface area contributed by atoms with Gasteiger partial charge in [0.15, 0.2) is 5.58 Å². The first-order valence-electron chi connectivity index (χ1n) is 8.89. The zero-order chi connectivity index (χ0) is 17.4. The lowest BCUT2D eigenvalue weighted by Crippen LogP contribution is -2.44. The predicted molar refractivity (Wildman–Crippen MR) is 95.5 cm³/mol. The van der Waals surface area contributed by atoms with Gasteiger partial charge in [-0.15, -0.1) is 0 Å². The number of carbonyl (C=O) groups is 1. The third-order valence-electron chi connectivity index (χ3n) is 5.11. The summed E-state index contributed by atoms with van der Waals surface area (Å²) in [6.45, 7) is 2.75. The highest BCUT2D eigenvalue weighted by molar-refractivity contribution is 6.31. The minimum absolute atomic E-state index is 0.00930. The lowest BCUT2D eigenvalue weighted by atomic mass is 9.97. The largest absolute Gasteiger partial charge is 0.421 e. The van der Waals surface area contributed by atoms with E-state index in [2.05, 4.69) is 10.2 Å². The van der Waals surface area contributed by atoms with Crippen LogP contribution >= 0.6 is 11.6 Å². The number of nitrogens with zero attached hydrogens (tertiary/aromatic N) is 2. The van der Waals surface area contributed by atoms with Crippen molar-refractivity contribution in [1.82, 2.24) is 14.8 Å². The van der Waals surface area contributed by atoms with E-state index in [0.717, 1.165) is 25.9 Å². The Morgan fingerprint density at radius 1 is 1.32 bits per heavy atom. The standard InChI is InChI=1S/C18H22ClN3O3/c19-14-5-6-16-15(8-14)22(18(24)25-16)11-21-7-1-2-13(10-21)17(23)20-9-12-3-4-12/h5-6,8,12-13H,1-4,7,9-11H2,(H,20,23)/t13-/m1/s1. The molecule has 1 N–H and O–H groups in total. The molecule has 0 unspecified atom stereocenters. The summed E-state index contributed by atoms with van der Waals surface area (Å²) in [6.07, 6.45) is 4.32. The number of likely N-dealkylation sites (tertiary alicyclic amines) is 1. The predicted octanol–water partition coefficient (Wildman–Crippen LogP) is 2.44. The van der Waals surface area contributed by atoms with Gasteiger partial charge in [-0.25, -0.2) is 4.79 Å². The smallest absolute Gasteiger partial charge is 0.408 e. The molecule has 2 aromatic rings. The lowest BCUT2D eigenvalue weighted by Gasteiger charge is -2.31. The van der Waals surface area contributed by atoms with Gasteiger partial charge in [0, 0.05) is 18.1 Å². The van der Waals surface area contributed by atoms with Crippen molar-refractivity contribution in [2.75, 3.05) is 19.6 Å². The molecule has 0 radical (unpaired) electrons. The van der Waals surface area contributed by atoms with E-state index in [4.69, 9.17) is 16.0 Å². The number of hydrogen-bond acceptors (Lipinski definition) is 4. The molecule has 1 aliphatic carbocycles. The fourth-order valence-electron chi connectivity index (χ4n) is 3.48. The molecule has 2 heterocycles. The SMILES string of the molecule is O=C(NCC1CC1)[C@@H]1CCCN(Cn2c(=O)oc3ccc(Cl)cc32)C1. The van der Waals surface area contributed by atoms with Crippen molar-refractivity contribution in [3.05, 3.63) is 33.8 Å². The number of fused-ring (bicyclic) bond motifs is 1. The number of amides is 1. The van der Waals surface area contributed by atoms with Gasteiger partial charge < -0.3 is 9.73 Å². The number of benzene rings is 1. The van der Waals surface area contributed by atoms with Crippen LogP contribution in [0.1, 0.15) is 25.7 Å². The second-order valence-corrected chi connectivity index (χ2v) is 7.59. The van der Waals surface area contributed by atoms with Crippen LogP contribution in [-0.4, -0.2) is 35.0 Å². The van der Waals surface area contributed by atoms with E-state index >= 15 is 0 Å². The van der Waals surface area contributed by atoms with Gasteiger partial charge in [0.25, 0.3) is 0 Å². The van der Waals surface area contributed by atoms with Crippen LogP contribution in [0, 0.1) is 11.8 Å². The number of halogens is 1. The number of piperidine rings is 1. The molecule has 1 aliphatic heterocycles. The highest BCUT2D eigenvalue weighted by Gasteiger charge is 2.28. The van der Waals surface area contributed by atoms with Gasteiger partial charge >= 0.3 is 5.76 Å². The van der Waals surface area contributed by atoms with Gasteiger partial charge in [0.2, 0.25) is 5.91 Å². The van der Waals surface area contributed by atoms with Crippen molar-refractivity contribution in [3.63, 3.8) is 0 Å². The molecule has 2 aliphatic rings. The fraction of sp³-hybridized carbons (Fsp3) is 0.556. The summed E-state index contributed by atoms with van der Waals surface area (Å²) in [5.74, 6) is 0.427. The minimum atomic E-state index is -0.391. The summed E-state index contributed by atoms with van der Waals surface area (Å²) in [6, 6.07) is 5.16. The summed E-state index contributed by atoms with van der Waals surface area (Å²) < 4.78 is 6.87. The van der Waals surface area contributed by atoms with E-state index in [1.807, 2.05) is 0 Å². The van der Waals surface area contributed by atoms with Crippen molar-refractivity contribution < 1.29 is 9.21 Å². The summed E-state index contributed by atoms with van der Waals surface area (Å²) >= 11 is 6.05. The van der Waals surface area contributed by atoms with Gasteiger partial charge in [-0.3, -0.25) is 14.3 Å². The monoisotopic (exact) mass is 363 g/mol. The molecule has 1 saturated heterocycles. The van der Waals surface area contributed by atoms with Crippen LogP contribution in [0.2, 0.25) is 5.02 Å². The molecule has 1 aromatic heterocycles. The van der Waals surface area contributed by atoms with Crippen LogP contribution in [0.25, 0.3) is 11.1 Å². The van der Waals surface area contributed by atoms with E-state index in [1.54, 1.807) is 22.8 Å². The number of oxazole rings is 1. The number of rotatable bonds is 5. The second-order valence-electron chi connectivity index (χ2n) is 7.15. The molecule has 134 valence electrons. The molecule has 1 saturated carbocycles. The summed E-state index contributed by atoms with van der Waals surface area (Å²) in [5, 5.41) is 3.64. The van der Waals surface area contributed by atoms with E-state index in [1.165, 1.54) is 12.8 Å². The van der Waals surface area contributed by atoms with Crippen LogP contribution < -0.4 is 11.1 Å². The second kappa shape index (κ2) is 6.84. The van der Waals surface area contributed by atoms with E-state index in [0.29, 0.717) is 35.3 Å². The number of aromatic nitrogens is 1. The van der Waals surface area contributed by atoms with Crippen molar-refractivity contribution in [1.29, 1.82) is 0 Å². The average molecular weight is 364 g/mol. The highest BCUT2D eigenvalue weighted by Crippen LogP contribution is 2.28. The Morgan fingerprint density at radius 3 is 2.96 bits per heavy atom. The Morgan fingerprint density at radius 2 is 2.16 bits per heavy atom. The molecule has 0 spiro atoms. The Hall–Kier alpha value is -1.79. The third-order valence-corrected chi connectivity index (χ3v) is 5.34. The van der Waals surface area contributed by atoms with Crippen molar-refractivity contribution >= 4 is 28.6 Å². The first-order valence-corrected chi connectivity index (χ1v) is 9.27. The maximum atomic E-state index is 12.4. The molecular formula is C18H22ClN3O3. The van der Waals surface area contributed by atoms with Crippen LogP contribution in [-0.2, 0) is 11.5 Å². The lowest BCUT2D eigenvalue weighted by molar-refractivity contribution is -0.127. The van der Waals surface area contributed by atoms with Crippen molar-refractivity contribution in [3.8, 4) is 0 Å². The van der Waals surface area contributed by atoms with Gasteiger partial charge in [0.05, 0.1) is 18.1 Å². The van der Waals surface area contributed by atoms with Gasteiger partial charge in [-0.05, 0) is 56.3 Å². The summed E-state index contributed by atoms with van der Waals surface area (Å²) in [4.78, 5) is 26.7. The average Bonchev–Trinajstić information content (AvgIpc) is 3.39. The molecular weight excluding hydrogens is 342 g/mol. The quantitative estimate of drug-likeness (QED) is 0.886. The van der Waals surface area contributed by atoms with Gasteiger partial charge in [-0.2, -0.15) is 0 Å². The van der Waals surface area contributed by atoms with Crippen LogP contribution in [0.4, 0.5) is 0 Å². The molecule has 4 rings (SSSR count). The van der Waals surface area contributed by atoms with E-state index in [-0.39, 0.29) is 11.8 Å². The van der Waals surface area contributed by atoms with Gasteiger partial charge in [-0.1, -0.05) is 11.6 Å². The normalized spacial score (nSPS) is 21.6. The molecule has 0 bridgehead atoms. The molecule has 2 fully saturated rings. The molecule has 1 aromatic carbocycles. The van der Waals surface area contributed by atoms with Crippen LogP contribution in [0.3, 0.4) is 0 Å². The maximum Gasteiger partial charge on any atom is 0.421 e. The Bertz CT molecular complexity index is 840. The Labute approximate surface area is 150 Å². The maximum absolute atomic E-state index is 12.4. The third kappa shape index (κ3) is 3.75. The zero-order valence-corrected chi connectivity index (χ0v) is 14.8. The number of carbonyl (C=O) groups excluding carboxylic acids is 1. The van der Waals surface area contributed by atoms with Crippen LogP contribution in [0.5, 0.6) is 0 Å². The Kier molecular flexibility index (Phi) is 4.56. The molecule has 1 atom stereocenters. The zero-order valence-electron chi connectivity index (χ0n) is 14.0. The fourth-order valence-corrected chi connectivity index (χ4v) is 3.64. The number of hydrogen-bond donors (Lipinski definition) is 1. The highest BCUT2D eigenvalue weighted by atomic mass is 35.5. The minimum Gasteiger partial charge on any atom is -0.408 e. The van der Waals surface area contributed by atoms with E-state index < -0.39 is 5.76 Å². The molecule has 6 nitrogen and oxygen atoms in total. The Balaban J connectivity index is 1.45. The topological polar surface area (TPSA) is 67.5 Å². The summed E-state index contributed by atoms with van der Waals surface area (Å²) in [7, 11) is 0. The summed E-state index contributed by atoms with van der Waals surface area (Å²) in [5.41, 5.74) is 1.22. The van der Waals surface area contributed by atoms with Crippen molar-refractivity contribution in [2.24, 2.45) is 11.8 Å². The molecule has 25 heavy (non-hydrogen) atoms. The van der Waals surface area contributed by atoms with Crippen LogP contribution in [0.15, 0.2) is 27.4 Å². The van der Waals surface area contributed by atoms with E-state index in [9.17, 15) is 9.59 Å². The first kappa shape index (κ1) is 16.7. The van der Waals surface area contributed by atoms with Crippen molar-refractivity contribution in [2.45, 2.75) is 32.4 Å². The first-order chi connectivity index (χ1) is 12.1. The number of nitrogens with one attached hydrogen (secondary N) is 1. The molecule has 7 heteroatoms. The van der Waals surface area contributed by atoms with Gasteiger partial charge in [0.1, 0.15) is 0 Å².